The van der Waals surface area contributed by atoms with Gasteiger partial charge in [0.25, 0.3) is 0 Å². The Morgan fingerprint density at radius 3 is 2.26 bits per heavy atom. The largest absolute Gasteiger partial charge is 0.462 e. The second-order valence-electron chi connectivity index (χ2n) is 4.50. The number of esters is 1. The van der Waals surface area contributed by atoms with Crippen molar-refractivity contribution in [1.29, 1.82) is 0 Å². The monoisotopic (exact) mass is 270 g/mol. The fourth-order valence-electron chi connectivity index (χ4n) is 1.81. The van der Waals surface area contributed by atoms with Gasteiger partial charge in [0.05, 0.1) is 6.61 Å². The van der Waals surface area contributed by atoms with Crippen LogP contribution in [0.3, 0.4) is 0 Å². The van der Waals surface area contributed by atoms with Crippen molar-refractivity contribution in [2.45, 2.75) is 45.4 Å². The van der Waals surface area contributed by atoms with Crippen LogP contribution in [0.1, 0.15) is 55.8 Å². The van der Waals surface area contributed by atoms with E-state index in [2.05, 4.69) is 6.92 Å². The standard InChI is InChI=1S/C15H20F2O2/c1-2-3-4-5-6-7-11-19-15(18)14-12(16)9-8-10-13(14)17/h8-10H,2-7,11H2,1H3. The van der Waals surface area contributed by atoms with Gasteiger partial charge in [0.15, 0.2) is 0 Å². The molecular weight excluding hydrogens is 250 g/mol. The van der Waals surface area contributed by atoms with Gasteiger partial charge in [-0.3, -0.25) is 0 Å². The maximum atomic E-state index is 13.3. The van der Waals surface area contributed by atoms with Crippen LogP contribution in [0.5, 0.6) is 0 Å². The Morgan fingerprint density at radius 1 is 1.05 bits per heavy atom. The van der Waals surface area contributed by atoms with Gasteiger partial charge in [-0.25, -0.2) is 13.6 Å². The van der Waals surface area contributed by atoms with Crippen LogP contribution in [-0.4, -0.2) is 12.6 Å². The van der Waals surface area contributed by atoms with Gasteiger partial charge in [0.1, 0.15) is 17.2 Å². The second kappa shape index (κ2) is 8.62. The molecule has 0 fully saturated rings. The molecule has 1 aromatic rings. The molecule has 0 aliphatic carbocycles. The number of hydrogen-bond acceptors (Lipinski definition) is 2. The lowest BCUT2D eigenvalue weighted by Crippen LogP contribution is -2.11. The number of rotatable bonds is 8. The summed E-state index contributed by atoms with van der Waals surface area (Å²) in [5.41, 5.74) is -0.603. The molecule has 0 radical (unpaired) electrons. The van der Waals surface area contributed by atoms with Gasteiger partial charge in [-0.1, -0.05) is 45.1 Å². The van der Waals surface area contributed by atoms with Crippen molar-refractivity contribution in [2.75, 3.05) is 6.61 Å². The highest BCUT2D eigenvalue weighted by Crippen LogP contribution is 2.13. The van der Waals surface area contributed by atoms with Crippen molar-refractivity contribution in [2.24, 2.45) is 0 Å². The van der Waals surface area contributed by atoms with Crippen LogP contribution >= 0.6 is 0 Å². The number of benzene rings is 1. The van der Waals surface area contributed by atoms with Crippen molar-refractivity contribution in [3.8, 4) is 0 Å². The Morgan fingerprint density at radius 2 is 1.63 bits per heavy atom. The first-order valence-electron chi connectivity index (χ1n) is 6.78. The molecule has 0 aliphatic heterocycles. The molecule has 0 unspecified atom stereocenters. The van der Waals surface area contributed by atoms with Crippen LogP contribution in [0.25, 0.3) is 0 Å². The molecule has 0 amide bonds. The van der Waals surface area contributed by atoms with Crippen LogP contribution in [0.2, 0.25) is 0 Å². The van der Waals surface area contributed by atoms with E-state index in [9.17, 15) is 13.6 Å². The molecule has 0 N–H and O–H groups in total. The molecule has 4 heteroatoms. The Balaban J connectivity index is 2.28. The van der Waals surface area contributed by atoms with E-state index in [1.165, 1.54) is 25.3 Å². The van der Waals surface area contributed by atoms with Gasteiger partial charge in [-0.05, 0) is 18.6 Å². The highest BCUT2D eigenvalue weighted by Gasteiger charge is 2.17. The number of ether oxygens (including phenoxy) is 1. The van der Waals surface area contributed by atoms with E-state index in [-0.39, 0.29) is 6.61 Å². The van der Waals surface area contributed by atoms with E-state index >= 15 is 0 Å². The third kappa shape index (κ3) is 5.37. The van der Waals surface area contributed by atoms with Crippen LogP contribution in [0.15, 0.2) is 18.2 Å². The average Bonchev–Trinajstić information content (AvgIpc) is 2.37. The average molecular weight is 270 g/mol. The zero-order valence-corrected chi connectivity index (χ0v) is 11.3. The quantitative estimate of drug-likeness (QED) is 0.514. The molecule has 0 saturated heterocycles. The first-order chi connectivity index (χ1) is 9.16. The van der Waals surface area contributed by atoms with E-state index < -0.39 is 23.2 Å². The summed E-state index contributed by atoms with van der Waals surface area (Å²) in [7, 11) is 0. The summed E-state index contributed by atoms with van der Waals surface area (Å²) in [6.07, 6.45) is 6.35. The molecule has 106 valence electrons. The Hall–Kier alpha value is -1.45. The van der Waals surface area contributed by atoms with Crippen LogP contribution in [0.4, 0.5) is 8.78 Å². The van der Waals surface area contributed by atoms with Gasteiger partial charge in [0.2, 0.25) is 0 Å². The van der Waals surface area contributed by atoms with Gasteiger partial charge >= 0.3 is 5.97 Å². The summed E-state index contributed by atoms with van der Waals surface area (Å²) in [6.45, 7) is 2.35. The van der Waals surface area contributed by atoms with Gasteiger partial charge < -0.3 is 4.74 Å². The summed E-state index contributed by atoms with van der Waals surface area (Å²) >= 11 is 0. The summed E-state index contributed by atoms with van der Waals surface area (Å²) in [5.74, 6) is -2.69. The van der Waals surface area contributed by atoms with Gasteiger partial charge in [0, 0.05) is 0 Å². The number of carbonyl (C=O) groups excluding carboxylic acids is 1. The molecular formula is C15H20F2O2. The molecule has 1 rings (SSSR count). The highest BCUT2D eigenvalue weighted by molar-refractivity contribution is 5.89. The first kappa shape index (κ1) is 15.6. The number of unbranched alkanes of at least 4 members (excludes halogenated alkanes) is 5. The van der Waals surface area contributed by atoms with Crippen molar-refractivity contribution in [3.05, 3.63) is 35.4 Å². The van der Waals surface area contributed by atoms with E-state index in [1.54, 1.807) is 0 Å². The van der Waals surface area contributed by atoms with E-state index in [1.807, 2.05) is 0 Å². The lowest BCUT2D eigenvalue weighted by Gasteiger charge is -2.06. The van der Waals surface area contributed by atoms with Gasteiger partial charge in [-0.2, -0.15) is 0 Å². The zero-order valence-electron chi connectivity index (χ0n) is 11.3. The normalized spacial score (nSPS) is 10.5. The minimum absolute atomic E-state index is 0.207. The summed E-state index contributed by atoms with van der Waals surface area (Å²) in [4.78, 5) is 11.5. The summed E-state index contributed by atoms with van der Waals surface area (Å²) < 4.78 is 31.4. The minimum Gasteiger partial charge on any atom is -0.462 e. The maximum absolute atomic E-state index is 13.3. The lowest BCUT2D eigenvalue weighted by molar-refractivity contribution is 0.0486. The van der Waals surface area contributed by atoms with Crippen molar-refractivity contribution >= 4 is 5.97 Å². The minimum atomic E-state index is -0.927. The third-order valence-corrected chi connectivity index (χ3v) is 2.90. The fraction of sp³-hybridized carbons (Fsp3) is 0.533. The molecule has 2 nitrogen and oxygen atoms in total. The summed E-state index contributed by atoms with van der Waals surface area (Å²) in [6, 6.07) is 3.31. The smallest absolute Gasteiger partial charge is 0.344 e. The Labute approximate surface area is 112 Å². The Bertz CT molecular complexity index is 385. The van der Waals surface area contributed by atoms with Crippen LogP contribution in [-0.2, 0) is 4.74 Å². The molecule has 0 aromatic heterocycles. The van der Waals surface area contributed by atoms with E-state index in [0.29, 0.717) is 0 Å². The SMILES string of the molecule is CCCCCCCCOC(=O)c1c(F)cccc1F. The molecule has 0 heterocycles. The molecule has 0 bridgehead atoms. The van der Waals surface area contributed by atoms with Crippen molar-refractivity contribution in [3.63, 3.8) is 0 Å². The van der Waals surface area contributed by atoms with Crippen molar-refractivity contribution in [1.82, 2.24) is 0 Å². The van der Waals surface area contributed by atoms with Crippen LogP contribution < -0.4 is 0 Å². The zero-order chi connectivity index (χ0) is 14.1. The topological polar surface area (TPSA) is 26.3 Å². The first-order valence-corrected chi connectivity index (χ1v) is 6.78. The lowest BCUT2D eigenvalue weighted by atomic mass is 10.1. The van der Waals surface area contributed by atoms with Gasteiger partial charge in [-0.15, -0.1) is 0 Å². The molecule has 19 heavy (non-hydrogen) atoms. The summed E-state index contributed by atoms with van der Waals surface area (Å²) in [5, 5.41) is 0. The highest BCUT2D eigenvalue weighted by atomic mass is 19.1. The maximum Gasteiger partial charge on any atom is 0.344 e. The number of carbonyl (C=O) groups is 1. The van der Waals surface area contributed by atoms with Crippen molar-refractivity contribution < 1.29 is 18.3 Å². The van der Waals surface area contributed by atoms with Crippen LogP contribution in [0, 0.1) is 11.6 Å². The molecule has 1 aromatic carbocycles. The molecule has 0 aliphatic rings. The fourth-order valence-corrected chi connectivity index (χ4v) is 1.81. The predicted octanol–water partition coefficient (Wildman–Crippen LogP) is 4.48. The number of hydrogen-bond donors (Lipinski definition) is 0. The predicted molar refractivity (Wildman–Crippen MR) is 70.0 cm³/mol. The molecule has 0 atom stereocenters. The van der Waals surface area contributed by atoms with E-state index in [4.69, 9.17) is 4.74 Å². The number of halogens is 2. The second-order valence-corrected chi connectivity index (χ2v) is 4.50. The molecule has 0 saturated carbocycles. The molecule has 0 spiro atoms. The third-order valence-electron chi connectivity index (χ3n) is 2.90. The Kier molecular flexibility index (Phi) is 7.08. The van der Waals surface area contributed by atoms with E-state index in [0.717, 1.165) is 31.4 Å².